The lowest BCUT2D eigenvalue weighted by Crippen LogP contribution is -2.49. The summed E-state index contributed by atoms with van der Waals surface area (Å²) in [7, 11) is 0. The van der Waals surface area contributed by atoms with Crippen LogP contribution in [0.15, 0.2) is 24.3 Å². The van der Waals surface area contributed by atoms with Gasteiger partial charge in [-0.3, -0.25) is 4.79 Å². The van der Waals surface area contributed by atoms with Crippen LogP contribution in [0.25, 0.3) is 0 Å². The number of terminal acetylenes is 1. The predicted octanol–water partition coefficient (Wildman–Crippen LogP) is 1.17. The molecule has 1 rings (SSSR count). The molecule has 0 aliphatic rings. The van der Waals surface area contributed by atoms with Crippen LogP contribution in [0, 0.1) is 12.3 Å². The maximum atomic E-state index is 12.5. The van der Waals surface area contributed by atoms with E-state index in [0.717, 1.165) is 24.3 Å². The molecule has 0 bridgehead atoms. The number of aliphatic carboxylic acids is 1. The molecule has 8 heteroatoms. The van der Waals surface area contributed by atoms with Gasteiger partial charge in [0.05, 0.1) is 11.6 Å². The van der Waals surface area contributed by atoms with Gasteiger partial charge in [-0.15, -0.1) is 12.3 Å². The van der Waals surface area contributed by atoms with Crippen LogP contribution < -0.4 is 11.1 Å². The van der Waals surface area contributed by atoms with Gasteiger partial charge in [0.25, 0.3) is 0 Å². The van der Waals surface area contributed by atoms with Crippen molar-refractivity contribution in [3.05, 3.63) is 35.4 Å². The highest BCUT2D eigenvalue weighted by Gasteiger charge is 2.30. The van der Waals surface area contributed by atoms with Crippen LogP contribution in [-0.2, 0) is 22.2 Å². The summed E-state index contributed by atoms with van der Waals surface area (Å²) in [6, 6.07) is 1.65. The Morgan fingerprint density at radius 1 is 1.30 bits per heavy atom. The summed E-state index contributed by atoms with van der Waals surface area (Å²) in [4.78, 5) is 22.9. The lowest BCUT2D eigenvalue weighted by Gasteiger charge is -2.17. The van der Waals surface area contributed by atoms with Gasteiger partial charge >= 0.3 is 12.1 Å². The van der Waals surface area contributed by atoms with Gasteiger partial charge in [-0.2, -0.15) is 13.2 Å². The van der Waals surface area contributed by atoms with E-state index in [2.05, 4.69) is 11.2 Å². The van der Waals surface area contributed by atoms with E-state index in [9.17, 15) is 22.8 Å². The summed E-state index contributed by atoms with van der Waals surface area (Å²) in [6.07, 6.45) is 0.305. The second kappa shape index (κ2) is 7.65. The first-order valence-electron chi connectivity index (χ1n) is 6.53. The molecule has 23 heavy (non-hydrogen) atoms. The van der Waals surface area contributed by atoms with Crippen LogP contribution in [0.3, 0.4) is 0 Å². The average molecular weight is 328 g/mol. The van der Waals surface area contributed by atoms with E-state index in [0.29, 0.717) is 5.56 Å². The van der Waals surface area contributed by atoms with Gasteiger partial charge in [0.15, 0.2) is 0 Å². The molecule has 0 heterocycles. The molecule has 0 aliphatic carbocycles. The number of hydrogen-bond acceptors (Lipinski definition) is 3. The molecule has 0 spiro atoms. The number of rotatable bonds is 6. The van der Waals surface area contributed by atoms with Gasteiger partial charge in [0.2, 0.25) is 5.91 Å². The second-order valence-corrected chi connectivity index (χ2v) is 4.81. The molecule has 0 radical (unpaired) electrons. The summed E-state index contributed by atoms with van der Waals surface area (Å²) >= 11 is 0. The van der Waals surface area contributed by atoms with Crippen LogP contribution in [0.4, 0.5) is 13.2 Å². The fourth-order valence-electron chi connectivity index (χ4n) is 1.76. The first-order valence-corrected chi connectivity index (χ1v) is 6.53. The number of carboxylic acid groups (broad SMARTS) is 1. The molecule has 0 saturated heterocycles. The third kappa shape index (κ3) is 5.64. The van der Waals surface area contributed by atoms with Crippen molar-refractivity contribution in [2.75, 3.05) is 0 Å². The Labute approximate surface area is 130 Å². The van der Waals surface area contributed by atoms with Crippen LogP contribution >= 0.6 is 0 Å². The van der Waals surface area contributed by atoms with Crippen LogP contribution in [0.1, 0.15) is 17.5 Å². The Morgan fingerprint density at radius 3 is 2.30 bits per heavy atom. The highest BCUT2D eigenvalue weighted by Crippen LogP contribution is 2.29. The summed E-state index contributed by atoms with van der Waals surface area (Å²) in [5.41, 5.74) is 4.96. The van der Waals surface area contributed by atoms with Gasteiger partial charge in [0.1, 0.15) is 6.04 Å². The first-order chi connectivity index (χ1) is 10.6. The van der Waals surface area contributed by atoms with Gasteiger partial charge in [0, 0.05) is 12.8 Å². The molecule has 5 nitrogen and oxygen atoms in total. The molecule has 1 aromatic carbocycles. The third-order valence-corrected chi connectivity index (χ3v) is 3.01. The molecule has 0 fully saturated rings. The van der Waals surface area contributed by atoms with E-state index in [-0.39, 0.29) is 12.8 Å². The molecule has 124 valence electrons. The SMILES string of the molecule is C#CC[C@H](N)C(=O)N[C@@H](Cc1ccc(C(F)(F)F)cc1)C(=O)O. The van der Waals surface area contributed by atoms with Crippen molar-refractivity contribution in [1.29, 1.82) is 0 Å². The number of carbonyl (C=O) groups is 2. The number of nitrogens with one attached hydrogen (secondary N) is 1. The number of nitrogens with two attached hydrogens (primary N) is 1. The summed E-state index contributed by atoms with van der Waals surface area (Å²) in [5, 5.41) is 11.3. The topological polar surface area (TPSA) is 92.4 Å². The lowest BCUT2D eigenvalue weighted by molar-refractivity contribution is -0.142. The zero-order valence-electron chi connectivity index (χ0n) is 11.9. The molecular weight excluding hydrogens is 313 g/mol. The zero-order chi connectivity index (χ0) is 17.6. The number of carbonyl (C=O) groups excluding carboxylic acids is 1. The van der Waals surface area contributed by atoms with Crippen molar-refractivity contribution in [3.63, 3.8) is 0 Å². The minimum Gasteiger partial charge on any atom is -0.480 e. The smallest absolute Gasteiger partial charge is 0.416 e. The van der Waals surface area contributed by atoms with Crippen molar-refractivity contribution in [1.82, 2.24) is 5.32 Å². The number of benzene rings is 1. The Hall–Kier alpha value is -2.53. The highest BCUT2D eigenvalue weighted by atomic mass is 19.4. The maximum absolute atomic E-state index is 12.5. The van der Waals surface area contributed by atoms with E-state index in [1.165, 1.54) is 0 Å². The molecule has 0 saturated carbocycles. The van der Waals surface area contributed by atoms with E-state index >= 15 is 0 Å². The van der Waals surface area contributed by atoms with E-state index in [4.69, 9.17) is 17.3 Å². The van der Waals surface area contributed by atoms with Crippen LogP contribution in [0.5, 0.6) is 0 Å². The van der Waals surface area contributed by atoms with Crippen molar-refractivity contribution >= 4 is 11.9 Å². The highest BCUT2D eigenvalue weighted by molar-refractivity contribution is 5.87. The minimum absolute atomic E-state index is 0.0571. The summed E-state index contributed by atoms with van der Waals surface area (Å²) in [6.45, 7) is 0. The standard InChI is InChI=1S/C15H15F3N2O3/c1-2-3-11(19)13(21)20-12(14(22)23)8-9-4-6-10(7-5-9)15(16,17)18/h1,4-7,11-12H,3,8,19H2,(H,20,21)(H,22,23)/t11-,12-/m0/s1. The van der Waals surface area contributed by atoms with Crippen molar-refractivity contribution in [2.24, 2.45) is 5.73 Å². The molecule has 0 aliphatic heterocycles. The molecule has 1 aromatic rings. The number of halogens is 3. The summed E-state index contributed by atoms with van der Waals surface area (Å²) in [5.74, 6) is 0.119. The minimum atomic E-state index is -4.47. The molecule has 0 unspecified atom stereocenters. The Morgan fingerprint density at radius 2 is 1.87 bits per heavy atom. The predicted molar refractivity (Wildman–Crippen MR) is 76.1 cm³/mol. The molecule has 0 aromatic heterocycles. The maximum Gasteiger partial charge on any atom is 0.416 e. The number of carboxylic acids is 1. The Bertz CT molecular complexity index is 606. The van der Waals surface area contributed by atoms with Gasteiger partial charge < -0.3 is 16.2 Å². The zero-order valence-corrected chi connectivity index (χ0v) is 11.9. The van der Waals surface area contributed by atoms with E-state index < -0.39 is 35.7 Å². The van der Waals surface area contributed by atoms with Crippen LogP contribution in [0.2, 0.25) is 0 Å². The molecule has 2 atom stereocenters. The number of amides is 1. The first kappa shape index (κ1) is 18.5. The Kier molecular flexibility index (Phi) is 6.16. The lowest BCUT2D eigenvalue weighted by atomic mass is 10.0. The van der Waals surface area contributed by atoms with Gasteiger partial charge in [-0.25, -0.2) is 4.79 Å². The fourth-order valence-corrected chi connectivity index (χ4v) is 1.76. The average Bonchev–Trinajstić information content (AvgIpc) is 2.46. The summed E-state index contributed by atoms with van der Waals surface area (Å²) < 4.78 is 37.4. The third-order valence-electron chi connectivity index (χ3n) is 3.01. The van der Waals surface area contributed by atoms with Crippen molar-refractivity contribution < 1.29 is 27.9 Å². The largest absolute Gasteiger partial charge is 0.480 e. The molecule has 1 amide bonds. The normalized spacial score (nSPS) is 13.7. The van der Waals surface area contributed by atoms with Crippen molar-refractivity contribution in [2.45, 2.75) is 31.1 Å². The van der Waals surface area contributed by atoms with Gasteiger partial charge in [-0.05, 0) is 17.7 Å². The van der Waals surface area contributed by atoms with Gasteiger partial charge in [-0.1, -0.05) is 12.1 Å². The second-order valence-electron chi connectivity index (χ2n) is 4.81. The number of hydrogen-bond donors (Lipinski definition) is 3. The Balaban J connectivity index is 2.79. The van der Waals surface area contributed by atoms with E-state index in [1.807, 2.05) is 0 Å². The van der Waals surface area contributed by atoms with Crippen molar-refractivity contribution in [3.8, 4) is 12.3 Å². The monoisotopic (exact) mass is 328 g/mol. The fraction of sp³-hybridized carbons (Fsp3) is 0.333. The van der Waals surface area contributed by atoms with Crippen LogP contribution in [-0.4, -0.2) is 29.1 Å². The molecule has 4 N–H and O–H groups in total. The van der Waals surface area contributed by atoms with E-state index in [1.54, 1.807) is 0 Å². The number of alkyl halides is 3. The molecular formula is C15H15F3N2O3. The quantitative estimate of drug-likeness (QED) is 0.684.